The third-order valence-electron chi connectivity index (χ3n) is 3.88. The molecule has 1 aromatic carbocycles. The molecular weight excluding hydrogens is 310 g/mol. The molecule has 0 aliphatic carbocycles. The summed E-state index contributed by atoms with van der Waals surface area (Å²) in [7, 11) is 0. The summed E-state index contributed by atoms with van der Waals surface area (Å²) in [5, 5.41) is 6.95. The molecule has 3 aromatic heterocycles. The Labute approximate surface area is 135 Å². The Morgan fingerprint density at radius 1 is 1.21 bits per heavy atom. The molecule has 1 N–H and O–H groups in total. The van der Waals surface area contributed by atoms with Crippen molar-refractivity contribution in [3.63, 3.8) is 0 Å². The Morgan fingerprint density at radius 2 is 2.08 bits per heavy atom. The fourth-order valence-electron chi connectivity index (χ4n) is 2.74. The number of amides is 1. The van der Waals surface area contributed by atoms with E-state index in [1.54, 1.807) is 35.0 Å². The predicted octanol–water partition coefficient (Wildman–Crippen LogP) is 0.860. The molecule has 0 unspecified atom stereocenters. The smallest absolute Gasteiger partial charge is 0.408 e. The lowest BCUT2D eigenvalue weighted by Gasteiger charge is -2.07. The minimum absolute atomic E-state index is 0.0659. The summed E-state index contributed by atoms with van der Waals surface area (Å²) in [6.45, 7) is 1.01. The van der Waals surface area contributed by atoms with Crippen molar-refractivity contribution in [3.8, 4) is 0 Å². The van der Waals surface area contributed by atoms with Gasteiger partial charge in [0.15, 0.2) is 5.58 Å². The zero-order valence-electron chi connectivity index (χ0n) is 12.8. The van der Waals surface area contributed by atoms with Gasteiger partial charge in [0.2, 0.25) is 5.91 Å². The summed E-state index contributed by atoms with van der Waals surface area (Å²) in [6, 6.07) is 8.94. The number of nitrogens with one attached hydrogen (secondary N) is 1. The predicted molar refractivity (Wildman–Crippen MR) is 86.7 cm³/mol. The second-order valence-corrected chi connectivity index (χ2v) is 5.40. The van der Waals surface area contributed by atoms with Gasteiger partial charge >= 0.3 is 5.76 Å². The van der Waals surface area contributed by atoms with Gasteiger partial charge in [0.1, 0.15) is 12.2 Å². The lowest BCUT2D eigenvalue weighted by atomic mass is 10.3. The minimum Gasteiger partial charge on any atom is -0.408 e. The molecule has 0 aliphatic rings. The van der Waals surface area contributed by atoms with Crippen molar-refractivity contribution in [2.45, 2.75) is 13.1 Å². The van der Waals surface area contributed by atoms with Crippen molar-refractivity contribution in [3.05, 3.63) is 59.5 Å². The molecule has 4 aromatic rings. The third kappa shape index (κ3) is 2.47. The number of para-hydroxylation sites is 2. The van der Waals surface area contributed by atoms with E-state index in [1.165, 1.54) is 4.57 Å². The van der Waals surface area contributed by atoms with Crippen LogP contribution in [0.4, 0.5) is 0 Å². The summed E-state index contributed by atoms with van der Waals surface area (Å²) >= 11 is 0. The van der Waals surface area contributed by atoms with E-state index >= 15 is 0 Å². The van der Waals surface area contributed by atoms with E-state index in [-0.39, 0.29) is 12.5 Å². The molecule has 0 atom stereocenters. The highest BCUT2D eigenvalue weighted by Gasteiger charge is 2.12. The van der Waals surface area contributed by atoms with E-state index in [0.717, 1.165) is 5.65 Å². The van der Waals surface area contributed by atoms with Gasteiger partial charge in [-0.2, -0.15) is 5.10 Å². The molecule has 4 rings (SSSR count). The Morgan fingerprint density at radius 3 is 3.00 bits per heavy atom. The first-order valence-electron chi connectivity index (χ1n) is 7.56. The number of hydrogen-bond donors (Lipinski definition) is 1. The minimum atomic E-state index is -0.530. The monoisotopic (exact) mass is 325 g/mol. The molecule has 0 spiro atoms. The first-order valence-corrected chi connectivity index (χ1v) is 7.56. The van der Waals surface area contributed by atoms with Gasteiger partial charge in [0.25, 0.3) is 0 Å². The van der Waals surface area contributed by atoms with Gasteiger partial charge in [-0.25, -0.2) is 9.31 Å². The molecule has 8 nitrogen and oxygen atoms in total. The molecule has 0 bridgehead atoms. The Bertz CT molecular complexity index is 1070. The SMILES string of the molecule is O=C(Cn1c(=O)oc2ccccc21)NCCn1ccn2nccc12. The van der Waals surface area contributed by atoms with Crippen LogP contribution in [-0.4, -0.2) is 31.2 Å². The van der Waals surface area contributed by atoms with Crippen LogP contribution in [0.15, 0.2) is 58.1 Å². The van der Waals surface area contributed by atoms with Crippen LogP contribution >= 0.6 is 0 Å². The molecule has 122 valence electrons. The molecule has 0 saturated carbocycles. The summed E-state index contributed by atoms with van der Waals surface area (Å²) in [4.78, 5) is 24.0. The lowest BCUT2D eigenvalue weighted by Crippen LogP contribution is -2.32. The standard InChI is InChI=1S/C16H15N5O3/c22-14(11-20-12-3-1-2-4-13(12)24-16(20)23)17-7-8-19-9-10-21-15(19)5-6-18-21/h1-6,9-10H,7-8,11H2,(H,17,22). The summed E-state index contributed by atoms with van der Waals surface area (Å²) in [6.07, 6.45) is 5.48. The van der Waals surface area contributed by atoms with Gasteiger partial charge in [0, 0.05) is 31.5 Å². The van der Waals surface area contributed by atoms with E-state index in [0.29, 0.717) is 24.2 Å². The van der Waals surface area contributed by atoms with Gasteiger partial charge < -0.3 is 14.3 Å². The van der Waals surface area contributed by atoms with E-state index in [9.17, 15) is 9.59 Å². The number of fused-ring (bicyclic) bond motifs is 2. The van der Waals surface area contributed by atoms with Crippen LogP contribution in [0.5, 0.6) is 0 Å². The van der Waals surface area contributed by atoms with Crippen molar-refractivity contribution >= 4 is 22.7 Å². The largest absolute Gasteiger partial charge is 0.420 e. The van der Waals surface area contributed by atoms with Crippen LogP contribution < -0.4 is 11.1 Å². The molecule has 3 heterocycles. The fourth-order valence-corrected chi connectivity index (χ4v) is 2.74. The fraction of sp³-hybridized carbons (Fsp3) is 0.188. The zero-order chi connectivity index (χ0) is 16.5. The highest BCUT2D eigenvalue weighted by atomic mass is 16.4. The van der Waals surface area contributed by atoms with Crippen molar-refractivity contribution in [2.75, 3.05) is 6.54 Å². The van der Waals surface area contributed by atoms with Gasteiger partial charge in [-0.15, -0.1) is 0 Å². The van der Waals surface area contributed by atoms with Crippen LogP contribution in [0.3, 0.4) is 0 Å². The maximum absolute atomic E-state index is 12.1. The molecular formula is C16H15N5O3. The van der Waals surface area contributed by atoms with E-state index in [1.807, 2.05) is 23.0 Å². The molecule has 0 fully saturated rings. The van der Waals surface area contributed by atoms with Crippen molar-refractivity contribution in [2.24, 2.45) is 0 Å². The molecule has 0 saturated heterocycles. The third-order valence-corrected chi connectivity index (χ3v) is 3.88. The summed E-state index contributed by atoms with van der Waals surface area (Å²) in [5.41, 5.74) is 2.05. The van der Waals surface area contributed by atoms with Crippen LogP contribution in [0, 0.1) is 0 Å². The topological polar surface area (TPSA) is 86.5 Å². The van der Waals surface area contributed by atoms with Crippen LogP contribution in [-0.2, 0) is 17.9 Å². The normalized spacial score (nSPS) is 11.3. The van der Waals surface area contributed by atoms with Crippen molar-refractivity contribution in [1.29, 1.82) is 0 Å². The number of carbonyl (C=O) groups excluding carboxylic acids is 1. The second-order valence-electron chi connectivity index (χ2n) is 5.40. The van der Waals surface area contributed by atoms with Crippen molar-refractivity contribution in [1.82, 2.24) is 24.1 Å². The average Bonchev–Trinajstić information content (AvgIpc) is 3.24. The summed E-state index contributed by atoms with van der Waals surface area (Å²) in [5.74, 6) is -0.766. The van der Waals surface area contributed by atoms with Crippen LogP contribution in [0.2, 0.25) is 0 Å². The number of oxazole rings is 1. The number of imidazole rings is 1. The van der Waals surface area contributed by atoms with Crippen LogP contribution in [0.1, 0.15) is 0 Å². The number of nitrogens with zero attached hydrogens (tertiary/aromatic N) is 4. The van der Waals surface area contributed by atoms with Gasteiger partial charge in [0.05, 0.1) is 11.7 Å². The first-order chi connectivity index (χ1) is 11.7. The number of carbonyl (C=O) groups is 1. The number of aromatic nitrogens is 4. The number of hydrogen-bond acceptors (Lipinski definition) is 4. The van der Waals surface area contributed by atoms with E-state index < -0.39 is 5.76 Å². The quantitative estimate of drug-likeness (QED) is 0.590. The van der Waals surface area contributed by atoms with E-state index in [2.05, 4.69) is 10.4 Å². The highest BCUT2D eigenvalue weighted by molar-refractivity contribution is 5.79. The van der Waals surface area contributed by atoms with E-state index in [4.69, 9.17) is 4.42 Å². The average molecular weight is 325 g/mol. The summed E-state index contributed by atoms with van der Waals surface area (Å²) < 4.78 is 10.2. The lowest BCUT2D eigenvalue weighted by molar-refractivity contribution is -0.121. The number of benzene rings is 1. The highest BCUT2D eigenvalue weighted by Crippen LogP contribution is 2.11. The van der Waals surface area contributed by atoms with Crippen LogP contribution in [0.25, 0.3) is 16.7 Å². The Hall–Kier alpha value is -3.29. The molecule has 24 heavy (non-hydrogen) atoms. The molecule has 1 amide bonds. The van der Waals surface area contributed by atoms with Crippen molar-refractivity contribution < 1.29 is 9.21 Å². The zero-order valence-corrected chi connectivity index (χ0v) is 12.8. The maximum Gasteiger partial charge on any atom is 0.420 e. The molecule has 0 radical (unpaired) electrons. The number of rotatable bonds is 5. The second kappa shape index (κ2) is 5.73. The first kappa shape index (κ1) is 14.3. The molecule has 0 aliphatic heterocycles. The molecule has 8 heteroatoms. The van der Waals surface area contributed by atoms with Gasteiger partial charge in [-0.3, -0.25) is 9.36 Å². The maximum atomic E-state index is 12.1. The van der Waals surface area contributed by atoms with Gasteiger partial charge in [-0.1, -0.05) is 12.1 Å². The Kier molecular flexibility index (Phi) is 3.42. The van der Waals surface area contributed by atoms with Gasteiger partial charge in [-0.05, 0) is 12.1 Å². The Balaban J connectivity index is 1.40.